The summed E-state index contributed by atoms with van der Waals surface area (Å²) in [6.07, 6.45) is -15.5. The quantitative estimate of drug-likeness (QED) is 0.119. The van der Waals surface area contributed by atoms with E-state index in [-0.39, 0.29) is 78.4 Å². The summed E-state index contributed by atoms with van der Waals surface area (Å²) >= 11 is 0. The molecule has 0 fully saturated rings. The van der Waals surface area contributed by atoms with E-state index in [0.717, 1.165) is 12.1 Å². The monoisotopic (exact) mass is 698 g/mol. The molecule has 0 aliphatic heterocycles. The predicted octanol–water partition coefficient (Wildman–Crippen LogP) is 11.6. The molecule has 0 aromatic heterocycles. The fourth-order valence-corrected chi connectivity index (χ4v) is 6.61. The molecule has 4 aromatic carbocycles. The van der Waals surface area contributed by atoms with Gasteiger partial charge in [0.15, 0.2) is 0 Å². The highest BCUT2D eigenvalue weighted by atomic mass is 19.4. The largest absolute Gasteiger partial charge is 0.417 e. The highest BCUT2D eigenvalue weighted by Gasteiger charge is 2.45. The van der Waals surface area contributed by atoms with Crippen LogP contribution in [-0.4, -0.2) is 0 Å². The summed E-state index contributed by atoms with van der Waals surface area (Å²) in [4.78, 5) is 6.70. The first-order chi connectivity index (χ1) is 24.0. The molecule has 0 bridgehead atoms. The Balaban J connectivity index is 1.79. The first-order valence-corrected chi connectivity index (χ1v) is 14.5. The van der Waals surface area contributed by atoms with Crippen LogP contribution in [0, 0.1) is 42.7 Å². The number of fused-ring (bicyclic) bond motifs is 4. The van der Waals surface area contributed by atoms with Crippen molar-refractivity contribution in [1.29, 1.82) is 10.5 Å². The number of nitrogens with zero attached hydrogens (tertiary/aromatic N) is 4. The third kappa shape index (κ3) is 5.41. The maximum atomic E-state index is 14.1. The van der Waals surface area contributed by atoms with Crippen LogP contribution in [-0.2, 0) is 18.5 Å². The van der Waals surface area contributed by atoms with E-state index < -0.39 is 46.6 Å². The summed E-state index contributed by atoms with van der Waals surface area (Å²) in [5.74, 6) is 0. The molecule has 250 valence electrons. The summed E-state index contributed by atoms with van der Waals surface area (Å²) in [5, 5.41) is 20.2. The van der Waals surface area contributed by atoms with Gasteiger partial charge in [-0.2, -0.15) is 39.5 Å². The van der Waals surface area contributed by atoms with E-state index in [1.54, 1.807) is 12.1 Å². The highest BCUT2D eigenvalue weighted by Crippen LogP contribution is 2.62. The number of rotatable bonds is 2. The number of halogens is 9. The Labute approximate surface area is 283 Å². The molecule has 6 rings (SSSR count). The molecule has 51 heavy (non-hydrogen) atoms. The minimum Gasteiger partial charge on any atom is -0.226 e. The van der Waals surface area contributed by atoms with E-state index in [0.29, 0.717) is 6.07 Å². The third-order valence-corrected chi connectivity index (χ3v) is 8.62. The second kappa shape index (κ2) is 11.8. The van der Waals surface area contributed by atoms with Gasteiger partial charge in [0.2, 0.25) is 0 Å². The van der Waals surface area contributed by atoms with Gasteiger partial charge < -0.3 is 0 Å². The molecule has 0 saturated heterocycles. The second-order valence-corrected chi connectivity index (χ2v) is 11.4. The van der Waals surface area contributed by atoms with Gasteiger partial charge in [-0.1, -0.05) is 54.6 Å². The lowest BCUT2D eigenvalue weighted by Gasteiger charge is -2.20. The van der Waals surface area contributed by atoms with Crippen LogP contribution in [0.1, 0.15) is 44.5 Å². The van der Waals surface area contributed by atoms with Crippen molar-refractivity contribution in [3.8, 4) is 34.4 Å². The molecule has 0 N–H and O–H groups in total. The maximum absolute atomic E-state index is 14.1. The van der Waals surface area contributed by atoms with E-state index in [4.69, 9.17) is 13.1 Å². The van der Waals surface area contributed by atoms with Crippen molar-refractivity contribution >= 4 is 22.3 Å². The standard InChI is InChI=1S/C38H15F9N4/c1-18-10-11-19(14-26(18)37(42,43)44)21-6-4-8-23-30(21)34-33(29(17-49)51-3)24-9-5-7-22(31(24)35(34)32(23)28(16-48)50-2)20-12-13-25(36(39,40)41)27(15-20)38(45,46)47/h4-15H,1H3/b32-28-,33-29+. The summed E-state index contributed by atoms with van der Waals surface area (Å²) < 4.78 is 125. The average molecular weight is 699 g/mol. The van der Waals surface area contributed by atoms with Crippen molar-refractivity contribution in [2.45, 2.75) is 25.5 Å². The van der Waals surface area contributed by atoms with Gasteiger partial charge in [-0.3, -0.25) is 0 Å². The topological polar surface area (TPSA) is 56.3 Å². The number of allylic oxidation sites excluding steroid dienone is 6. The molecule has 4 aromatic rings. The zero-order valence-electron chi connectivity index (χ0n) is 25.6. The van der Waals surface area contributed by atoms with Crippen molar-refractivity contribution in [1.82, 2.24) is 0 Å². The van der Waals surface area contributed by atoms with Crippen LogP contribution in [0.3, 0.4) is 0 Å². The molecule has 0 radical (unpaired) electrons. The van der Waals surface area contributed by atoms with Gasteiger partial charge in [-0.05, 0) is 86.3 Å². The van der Waals surface area contributed by atoms with Gasteiger partial charge in [-0.25, -0.2) is 20.2 Å². The van der Waals surface area contributed by atoms with Crippen molar-refractivity contribution in [3.63, 3.8) is 0 Å². The lowest BCUT2D eigenvalue weighted by molar-refractivity contribution is -0.162. The predicted molar refractivity (Wildman–Crippen MR) is 169 cm³/mol. The molecule has 0 heterocycles. The minimum absolute atomic E-state index is 0.0126. The molecular formula is C38H15F9N4. The SMILES string of the molecule is [C-]#[N+]/C(C#N)=C1C2=C(/C(=C(\C#N)[N+]#[C-])c3cccc(-c4ccc(C(F)(F)F)c(C(F)(F)F)c4)c32)c2c\1cccc2-c1ccc(C)c(C(F)(F)F)c1. The second-order valence-electron chi connectivity index (χ2n) is 11.4. The van der Waals surface area contributed by atoms with Gasteiger partial charge in [0.1, 0.15) is 0 Å². The van der Waals surface area contributed by atoms with E-state index in [1.807, 2.05) is 0 Å². The highest BCUT2D eigenvalue weighted by molar-refractivity contribution is 6.39. The van der Waals surface area contributed by atoms with Gasteiger partial charge in [0, 0.05) is 11.1 Å². The molecule has 4 nitrogen and oxygen atoms in total. The van der Waals surface area contributed by atoms with Crippen LogP contribution in [0.4, 0.5) is 39.5 Å². The van der Waals surface area contributed by atoms with Crippen LogP contribution in [0.15, 0.2) is 84.2 Å². The summed E-state index contributed by atoms with van der Waals surface area (Å²) in [6, 6.07) is 17.1. The Bertz CT molecular complexity index is 2450. The van der Waals surface area contributed by atoms with Gasteiger partial charge in [0.05, 0.1) is 42.0 Å². The van der Waals surface area contributed by atoms with E-state index in [2.05, 4.69) is 9.69 Å². The van der Waals surface area contributed by atoms with Gasteiger partial charge in [0.25, 0.3) is 11.4 Å². The molecule has 0 atom stereocenters. The van der Waals surface area contributed by atoms with Crippen molar-refractivity contribution in [2.75, 3.05) is 0 Å². The average Bonchev–Trinajstić information content (AvgIpc) is 3.58. The molecule has 2 aliphatic carbocycles. The Morgan fingerprint density at radius 3 is 1.33 bits per heavy atom. The molecule has 0 unspecified atom stereocenters. The summed E-state index contributed by atoms with van der Waals surface area (Å²) in [7, 11) is 0. The molecule has 13 heteroatoms. The third-order valence-electron chi connectivity index (χ3n) is 8.62. The Hall–Kier alpha value is -6.57. The maximum Gasteiger partial charge on any atom is 0.417 e. The van der Waals surface area contributed by atoms with E-state index >= 15 is 0 Å². The first-order valence-electron chi connectivity index (χ1n) is 14.5. The van der Waals surface area contributed by atoms with Crippen LogP contribution < -0.4 is 0 Å². The number of alkyl halides is 9. The minimum atomic E-state index is -5.43. The van der Waals surface area contributed by atoms with Crippen LogP contribution in [0.2, 0.25) is 0 Å². The van der Waals surface area contributed by atoms with E-state index in [1.165, 1.54) is 55.5 Å². The van der Waals surface area contributed by atoms with Crippen LogP contribution in [0.5, 0.6) is 0 Å². The smallest absolute Gasteiger partial charge is 0.226 e. The normalized spacial score (nSPS) is 15.6. The fraction of sp³-hybridized carbons (Fsp3) is 0.105. The Kier molecular flexibility index (Phi) is 7.93. The van der Waals surface area contributed by atoms with Gasteiger partial charge >= 0.3 is 18.5 Å². The fourth-order valence-electron chi connectivity index (χ4n) is 6.61. The molecule has 0 amide bonds. The number of nitriles is 2. The molecular weight excluding hydrogens is 683 g/mol. The summed E-state index contributed by atoms with van der Waals surface area (Å²) in [6.45, 7) is 16.9. The van der Waals surface area contributed by atoms with Crippen molar-refractivity contribution in [2.24, 2.45) is 0 Å². The van der Waals surface area contributed by atoms with Crippen molar-refractivity contribution < 1.29 is 39.5 Å². The number of hydrogen-bond acceptors (Lipinski definition) is 2. The number of aryl methyl sites for hydroxylation is 1. The molecule has 0 spiro atoms. The van der Waals surface area contributed by atoms with Crippen molar-refractivity contribution in [3.05, 3.63) is 152 Å². The Morgan fingerprint density at radius 1 is 0.549 bits per heavy atom. The first kappa shape index (κ1) is 34.3. The molecule has 2 aliphatic rings. The number of benzene rings is 4. The number of hydrogen-bond donors (Lipinski definition) is 0. The van der Waals surface area contributed by atoms with Crippen LogP contribution in [0.25, 0.3) is 54.2 Å². The molecule has 0 saturated carbocycles. The van der Waals surface area contributed by atoms with Crippen LogP contribution >= 0.6 is 0 Å². The van der Waals surface area contributed by atoms with E-state index in [9.17, 15) is 50.0 Å². The zero-order valence-corrected chi connectivity index (χ0v) is 25.6. The summed E-state index contributed by atoms with van der Waals surface area (Å²) in [5.41, 5.74) is -5.87. The lowest BCUT2D eigenvalue weighted by Crippen LogP contribution is -2.16. The lowest BCUT2D eigenvalue weighted by atomic mass is 9.85. The Morgan fingerprint density at radius 2 is 0.941 bits per heavy atom. The zero-order chi connectivity index (χ0) is 37.2. The van der Waals surface area contributed by atoms with Gasteiger partial charge in [-0.15, -0.1) is 0 Å².